The molecule has 0 bridgehead atoms. The van der Waals surface area contributed by atoms with Gasteiger partial charge in [0, 0.05) is 18.0 Å². The van der Waals surface area contributed by atoms with E-state index in [1.165, 1.54) is 12.3 Å². The Balaban J connectivity index is 2.24. The third-order valence-corrected chi connectivity index (χ3v) is 3.94. The van der Waals surface area contributed by atoms with Crippen molar-refractivity contribution in [1.29, 1.82) is 5.26 Å². The molecule has 0 radical (unpaired) electrons. The number of nitriles is 1. The first-order valence-electron chi connectivity index (χ1n) is 6.94. The van der Waals surface area contributed by atoms with Gasteiger partial charge in [-0.1, -0.05) is 18.7 Å². The molecular weight excluding hydrogens is 272 g/mol. The summed E-state index contributed by atoms with van der Waals surface area (Å²) in [6.07, 6.45) is 5.35. The summed E-state index contributed by atoms with van der Waals surface area (Å²) < 4.78 is 0. The molecule has 0 aliphatic carbocycles. The van der Waals surface area contributed by atoms with E-state index in [2.05, 4.69) is 28.3 Å². The molecule has 6 heteroatoms. The molecule has 20 heavy (non-hydrogen) atoms. The molecule has 1 aromatic heterocycles. The predicted octanol–water partition coefficient (Wildman–Crippen LogP) is 2.31. The van der Waals surface area contributed by atoms with Crippen LogP contribution in [0, 0.1) is 11.3 Å². The maximum Gasteiger partial charge on any atom is 0.251 e. The summed E-state index contributed by atoms with van der Waals surface area (Å²) in [4.78, 5) is 17.9. The van der Waals surface area contributed by atoms with Crippen molar-refractivity contribution in [3.05, 3.63) is 22.6 Å². The van der Waals surface area contributed by atoms with Crippen molar-refractivity contribution in [2.45, 2.75) is 50.2 Å². The second-order valence-corrected chi connectivity index (χ2v) is 6.00. The molecule has 0 fully saturated rings. The molecule has 0 aromatic carbocycles. The summed E-state index contributed by atoms with van der Waals surface area (Å²) in [5, 5.41) is 13.2. The molecule has 2 N–H and O–H groups in total. The van der Waals surface area contributed by atoms with Crippen LogP contribution in [0.1, 0.15) is 39.5 Å². The second kappa shape index (κ2) is 8.77. The molecule has 1 heterocycles. The van der Waals surface area contributed by atoms with Gasteiger partial charge in [0.15, 0.2) is 5.16 Å². The van der Waals surface area contributed by atoms with E-state index in [0.717, 1.165) is 38.0 Å². The number of aromatic amines is 1. The minimum absolute atomic E-state index is 0.122. The van der Waals surface area contributed by atoms with Gasteiger partial charge in [-0.25, -0.2) is 4.98 Å². The number of H-pyrrole nitrogens is 1. The predicted molar refractivity (Wildman–Crippen MR) is 81.7 cm³/mol. The summed E-state index contributed by atoms with van der Waals surface area (Å²) in [5.41, 5.74) is -0.552. The molecular formula is C14H22N4OS. The van der Waals surface area contributed by atoms with Gasteiger partial charge in [-0.15, -0.1) is 0 Å². The lowest BCUT2D eigenvalue weighted by atomic mass is 9.96. The molecule has 110 valence electrons. The van der Waals surface area contributed by atoms with Crippen molar-refractivity contribution in [1.82, 2.24) is 15.3 Å². The molecule has 1 aromatic rings. The molecule has 0 spiro atoms. The van der Waals surface area contributed by atoms with Crippen LogP contribution in [0.25, 0.3) is 0 Å². The molecule has 0 aliphatic rings. The highest BCUT2D eigenvalue weighted by atomic mass is 32.2. The quantitative estimate of drug-likeness (QED) is 0.415. The van der Waals surface area contributed by atoms with Gasteiger partial charge in [-0.05, 0) is 39.2 Å². The third kappa shape index (κ3) is 6.22. The third-order valence-electron chi connectivity index (χ3n) is 2.97. The van der Waals surface area contributed by atoms with Crippen LogP contribution in [0.15, 0.2) is 22.2 Å². The lowest BCUT2D eigenvalue weighted by Gasteiger charge is -2.22. The van der Waals surface area contributed by atoms with E-state index in [1.807, 2.05) is 6.92 Å². The highest BCUT2D eigenvalue weighted by Gasteiger charge is 2.21. The van der Waals surface area contributed by atoms with E-state index >= 15 is 0 Å². The van der Waals surface area contributed by atoms with E-state index in [-0.39, 0.29) is 5.56 Å². The zero-order valence-electron chi connectivity index (χ0n) is 12.1. The average molecular weight is 294 g/mol. The number of nitrogens with one attached hydrogen (secondary N) is 2. The molecule has 5 nitrogen and oxygen atoms in total. The van der Waals surface area contributed by atoms with Crippen LogP contribution in [-0.2, 0) is 0 Å². The Labute approximate surface area is 124 Å². The lowest BCUT2D eigenvalue weighted by molar-refractivity contribution is 0.406. The SMILES string of the molecule is CCCNC(C)(C#N)CCCCSc1nccc(=O)[nH]1. The summed E-state index contributed by atoms with van der Waals surface area (Å²) in [6, 6.07) is 3.76. The van der Waals surface area contributed by atoms with Crippen LogP contribution in [0.2, 0.25) is 0 Å². The Hall–Kier alpha value is -1.32. The maximum absolute atomic E-state index is 11.1. The van der Waals surface area contributed by atoms with Crippen molar-refractivity contribution >= 4 is 11.8 Å². The maximum atomic E-state index is 11.1. The Morgan fingerprint density at radius 1 is 1.55 bits per heavy atom. The Kier molecular flexibility index (Phi) is 7.34. The van der Waals surface area contributed by atoms with Crippen molar-refractivity contribution in [3.8, 4) is 6.07 Å². The topological polar surface area (TPSA) is 81.6 Å². The summed E-state index contributed by atoms with van der Waals surface area (Å²) in [5.74, 6) is 0.891. The number of hydrogen-bond donors (Lipinski definition) is 2. The van der Waals surface area contributed by atoms with E-state index in [0.29, 0.717) is 5.16 Å². The van der Waals surface area contributed by atoms with Crippen molar-refractivity contribution in [3.63, 3.8) is 0 Å². The smallest absolute Gasteiger partial charge is 0.251 e. The monoisotopic (exact) mass is 294 g/mol. The van der Waals surface area contributed by atoms with Crippen LogP contribution >= 0.6 is 11.8 Å². The summed E-state index contributed by atoms with van der Waals surface area (Å²) in [7, 11) is 0. The fraction of sp³-hybridized carbons (Fsp3) is 0.643. The second-order valence-electron chi connectivity index (χ2n) is 4.92. The zero-order chi connectivity index (χ0) is 14.8. The Morgan fingerprint density at radius 3 is 3.00 bits per heavy atom. The van der Waals surface area contributed by atoms with Crippen LogP contribution in [-0.4, -0.2) is 27.8 Å². The van der Waals surface area contributed by atoms with Crippen LogP contribution < -0.4 is 10.9 Å². The molecule has 1 atom stereocenters. The standard InChI is InChI=1S/C14H22N4OS/c1-3-8-17-14(2,11-15)7-4-5-10-20-13-16-9-6-12(19)18-13/h6,9,17H,3-5,7-8,10H2,1-2H3,(H,16,18,19). The van der Waals surface area contributed by atoms with Crippen LogP contribution in [0.4, 0.5) is 0 Å². The highest BCUT2D eigenvalue weighted by molar-refractivity contribution is 7.99. The number of nitrogens with zero attached hydrogens (tertiary/aromatic N) is 2. The van der Waals surface area contributed by atoms with Crippen LogP contribution in [0.5, 0.6) is 0 Å². The Bertz CT molecular complexity index is 496. The fourth-order valence-electron chi connectivity index (χ4n) is 1.76. The van der Waals surface area contributed by atoms with E-state index in [9.17, 15) is 10.1 Å². The largest absolute Gasteiger partial charge is 0.301 e. The molecule has 1 rings (SSSR count). The average Bonchev–Trinajstić information content (AvgIpc) is 2.45. The number of aromatic nitrogens is 2. The molecule has 0 saturated heterocycles. The van der Waals surface area contributed by atoms with Crippen molar-refractivity contribution in [2.24, 2.45) is 0 Å². The van der Waals surface area contributed by atoms with E-state index in [4.69, 9.17) is 0 Å². The van der Waals surface area contributed by atoms with Crippen LogP contribution in [0.3, 0.4) is 0 Å². The minimum atomic E-state index is -0.431. The first-order chi connectivity index (χ1) is 9.59. The van der Waals surface area contributed by atoms with Gasteiger partial charge < -0.3 is 4.98 Å². The van der Waals surface area contributed by atoms with Gasteiger partial charge >= 0.3 is 0 Å². The summed E-state index contributed by atoms with van der Waals surface area (Å²) in [6.45, 7) is 4.91. The number of unbranched alkanes of at least 4 members (excludes halogenated alkanes) is 1. The molecule has 0 aliphatic heterocycles. The van der Waals surface area contributed by atoms with Gasteiger partial charge in [-0.2, -0.15) is 5.26 Å². The van der Waals surface area contributed by atoms with Crippen molar-refractivity contribution in [2.75, 3.05) is 12.3 Å². The van der Waals surface area contributed by atoms with Crippen molar-refractivity contribution < 1.29 is 0 Å². The van der Waals surface area contributed by atoms with E-state index in [1.54, 1.807) is 11.8 Å². The normalized spacial score (nSPS) is 13.7. The van der Waals surface area contributed by atoms with Gasteiger partial charge in [0.2, 0.25) is 0 Å². The number of hydrogen-bond acceptors (Lipinski definition) is 5. The number of thioether (sulfide) groups is 1. The minimum Gasteiger partial charge on any atom is -0.301 e. The zero-order valence-corrected chi connectivity index (χ0v) is 12.9. The van der Waals surface area contributed by atoms with Gasteiger partial charge in [0.05, 0.1) is 6.07 Å². The molecule has 1 unspecified atom stereocenters. The summed E-state index contributed by atoms with van der Waals surface area (Å²) >= 11 is 1.54. The fourth-order valence-corrected chi connectivity index (χ4v) is 2.61. The molecule has 0 amide bonds. The lowest BCUT2D eigenvalue weighted by Crippen LogP contribution is -2.41. The first kappa shape index (κ1) is 16.7. The molecule has 0 saturated carbocycles. The van der Waals surface area contributed by atoms with Gasteiger partial charge in [0.25, 0.3) is 5.56 Å². The number of rotatable bonds is 9. The van der Waals surface area contributed by atoms with E-state index < -0.39 is 5.54 Å². The Morgan fingerprint density at radius 2 is 2.35 bits per heavy atom. The van der Waals surface area contributed by atoms with Gasteiger partial charge in [0.1, 0.15) is 5.54 Å². The highest BCUT2D eigenvalue weighted by Crippen LogP contribution is 2.17. The van der Waals surface area contributed by atoms with Gasteiger partial charge in [-0.3, -0.25) is 10.1 Å². The first-order valence-corrected chi connectivity index (χ1v) is 7.92.